The molecule has 0 heterocycles. The summed E-state index contributed by atoms with van der Waals surface area (Å²) >= 11 is 0. The number of rotatable bonds is 21. The SMILES string of the molecule is CCCCCCCCCCCCCCCCCCCCCCC.COC(=O)c1c(F)cccc1F. The number of carbonyl (C=O) groups excluding carboxylic acids is 1. The second-order valence-corrected chi connectivity index (χ2v) is 9.81. The number of ether oxygens (including phenoxy) is 1. The van der Waals surface area contributed by atoms with E-state index in [-0.39, 0.29) is 0 Å². The third-order valence-corrected chi connectivity index (χ3v) is 6.56. The molecule has 0 saturated carbocycles. The molecule has 0 N–H and O–H groups in total. The molecule has 0 spiro atoms. The van der Waals surface area contributed by atoms with Crippen molar-refractivity contribution in [2.75, 3.05) is 7.11 Å². The van der Waals surface area contributed by atoms with Crippen molar-refractivity contribution in [3.05, 3.63) is 35.4 Å². The molecule has 0 aromatic heterocycles. The van der Waals surface area contributed by atoms with E-state index in [1.807, 2.05) is 0 Å². The van der Waals surface area contributed by atoms with Gasteiger partial charge >= 0.3 is 5.97 Å². The molecule has 0 aliphatic carbocycles. The molecule has 0 saturated heterocycles. The Balaban J connectivity index is 0.000000801. The van der Waals surface area contributed by atoms with E-state index < -0.39 is 23.2 Å². The highest BCUT2D eigenvalue weighted by Crippen LogP contribution is 2.15. The molecule has 35 heavy (non-hydrogen) atoms. The Hall–Kier alpha value is -1.45. The minimum atomic E-state index is -1.01. The molecule has 0 fully saturated rings. The second kappa shape index (κ2) is 25.6. The molecule has 1 aromatic carbocycles. The number of hydrogen-bond acceptors (Lipinski definition) is 2. The maximum atomic E-state index is 12.7. The molecule has 0 amide bonds. The van der Waals surface area contributed by atoms with E-state index in [2.05, 4.69) is 18.6 Å². The predicted molar refractivity (Wildman–Crippen MR) is 146 cm³/mol. The summed E-state index contributed by atoms with van der Waals surface area (Å²) in [7, 11) is 1.06. The molecule has 204 valence electrons. The summed E-state index contributed by atoms with van der Waals surface area (Å²) in [5, 5.41) is 0. The average Bonchev–Trinajstić information content (AvgIpc) is 2.85. The summed E-state index contributed by atoms with van der Waals surface area (Å²) < 4.78 is 29.7. The summed E-state index contributed by atoms with van der Waals surface area (Å²) in [5.74, 6) is -2.84. The minimum absolute atomic E-state index is 0.653. The summed E-state index contributed by atoms with van der Waals surface area (Å²) in [4.78, 5) is 10.8. The third-order valence-electron chi connectivity index (χ3n) is 6.56. The van der Waals surface area contributed by atoms with Gasteiger partial charge in [0.25, 0.3) is 0 Å². The van der Waals surface area contributed by atoms with Crippen LogP contribution in [0.25, 0.3) is 0 Å². The van der Waals surface area contributed by atoms with Crippen LogP contribution in [-0.2, 0) is 4.74 Å². The molecule has 0 aliphatic rings. The van der Waals surface area contributed by atoms with Gasteiger partial charge in [-0.1, -0.05) is 155 Å². The van der Waals surface area contributed by atoms with Gasteiger partial charge < -0.3 is 4.74 Å². The summed E-state index contributed by atoms with van der Waals surface area (Å²) in [5.41, 5.74) is -0.653. The number of esters is 1. The fraction of sp³-hybridized carbons (Fsp3) is 0.774. The number of methoxy groups -OCH3 is 1. The Morgan fingerprint density at radius 1 is 0.571 bits per heavy atom. The van der Waals surface area contributed by atoms with Crippen LogP contribution in [0.2, 0.25) is 0 Å². The van der Waals surface area contributed by atoms with E-state index in [0.29, 0.717) is 0 Å². The number of benzene rings is 1. The van der Waals surface area contributed by atoms with Crippen molar-refractivity contribution in [1.29, 1.82) is 0 Å². The monoisotopic (exact) mass is 496 g/mol. The number of halogens is 2. The number of unbranched alkanes of at least 4 members (excludes halogenated alkanes) is 20. The van der Waals surface area contributed by atoms with E-state index in [1.165, 1.54) is 141 Å². The fourth-order valence-corrected chi connectivity index (χ4v) is 4.30. The molecule has 4 heteroatoms. The first-order chi connectivity index (χ1) is 17.1. The van der Waals surface area contributed by atoms with Crippen LogP contribution in [0.15, 0.2) is 18.2 Å². The Morgan fingerprint density at radius 2 is 0.829 bits per heavy atom. The molecule has 2 nitrogen and oxygen atoms in total. The van der Waals surface area contributed by atoms with Crippen LogP contribution in [0.4, 0.5) is 8.78 Å². The lowest BCUT2D eigenvalue weighted by atomic mass is 10.0. The molecule has 0 bridgehead atoms. The molecule has 0 radical (unpaired) electrons. The first-order valence-electron chi connectivity index (χ1n) is 14.6. The smallest absolute Gasteiger partial charge is 0.343 e. The minimum Gasteiger partial charge on any atom is -0.465 e. The maximum absolute atomic E-state index is 12.7. The molecule has 0 unspecified atom stereocenters. The summed E-state index contributed by atoms with van der Waals surface area (Å²) in [6, 6.07) is 3.17. The fourth-order valence-electron chi connectivity index (χ4n) is 4.30. The van der Waals surface area contributed by atoms with Crippen LogP contribution in [0.5, 0.6) is 0 Å². The van der Waals surface area contributed by atoms with Crippen molar-refractivity contribution < 1.29 is 18.3 Å². The zero-order valence-electron chi connectivity index (χ0n) is 23.2. The van der Waals surface area contributed by atoms with Crippen molar-refractivity contribution in [3.63, 3.8) is 0 Å². The van der Waals surface area contributed by atoms with Gasteiger partial charge in [0.05, 0.1) is 7.11 Å². The average molecular weight is 497 g/mol. The normalized spacial score (nSPS) is 10.7. The van der Waals surface area contributed by atoms with Crippen LogP contribution < -0.4 is 0 Å². The van der Waals surface area contributed by atoms with Crippen molar-refractivity contribution in [1.82, 2.24) is 0 Å². The van der Waals surface area contributed by atoms with E-state index in [4.69, 9.17) is 0 Å². The van der Waals surface area contributed by atoms with Crippen molar-refractivity contribution in [3.8, 4) is 0 Å². The van der Waals surface area contributed by atoms with Crippen molar-refractivity contribution in [2.24, 2.45) is 0 Å². The van der Waals surface area contributed by atoms with Gasteiger partial charge in [0.15, 0.2) is 0 Å². The Labute approximate surface area is 215 Å². The number of carbonyl (C=O) groups is 1. The second-order valence-electron chi connectivity index (χ2n) is 9.81. The largest absolute Gasteiger partial charge is 0.465 e. The van der Waals surface area contributed by atoms with E-state index in [9.17, 15) is 13.6 Å². The lowest BCUT2D eigenvalue weighted by molar-refractivity contribution is 0.0590. The topological polar surface area (TPSA) is 26.3 Å². The Bertz CT molecular complexity index is 563. The third kappa shape index (κ3) is 20.4. The Kier molecular flexibility index (Phi) is 24.6. The zero-order chi connectivity index (χ0) is 26.0. The lowest BCUT2D eigenvalue weighted by Crippen LogP contribution is -2.07. The van der Waals surface area contributed by atoms with Gasteiger partial charge in [0.1, 0.15) is 17.2 Å². The van der Waals surface area contributed by atoms with Crippen LogP contribution in [-0.4, -0.2) is 13.1 Å². The first-order valence-corrected chi connectivity index (χ1v) is 14.6. The highest BCUT2D eigenvalue weighted by atomic mass is 19.1. The molecular weight excluding hydrogens is 442 g/mol. The highest BCUT2D eigenvalue weighted by molar-refractivity contribution is 5.89. The highest BCUT2D eigenvalue weighted by Gasteiger charge is 2.16. The van der Waals surface area contributed by atoms with Gasteiger partial charge in [-0.2, -0.15) is 0 Å². The van der Waals surface area contributed by atoms with E-state index >= 15 is 0 Å². The van der Waals surface area contributed by atoms with Gasteiger partial charge in [0, 0.05) is 0 Å². The van der Waals surface area contributed by atoms with Gasteiger partial charge in [-0.25, -0.2) is 13.6 Å². The molecule has 1 rings (SSSR count). The molecule has 1 aromatic rings. The summed E-state index contributed by atoms with van der Waals surface area (Å²) in [6.07, 6.45) is 30.9. The standard InChI is InChI=1S/C23H48.C8H6F2O2/c1-3-5-7-9-11-13-15-17-19-21-23-22-20-18-16-14-12-10-8-6-4-2;1-12-8(11)7-5(9)3-2-4-6(7)10/h3-23H2,1-2H3;2-4H,1H3. The Morgan fingerprint density at radius 3 is 1.06 bits per heavy atom. The quantitative estimate of drug-likeness (QED) is 0.125. The van der Waals surface area contributed by atoms with Gasteiger partial charge in [-0.15, -0.1) is 0 Å². The van der Waals surface area contributed by atoms with Gasteiger partial charge in [0.2, 0.25) is 0 Å². The van der Waals surface area contributed by atoms with Crippen LogP contribution in [0, 0.1) is 11.6 Å². The van der Waals surface area contributed by atoms with Crippen molar-refractivity contribution in [2.45, 2.75) is 149 Å². The molecule has 0 aliphatic heterocycles. The lowest BCUT2D eigenvalue weighted by Gasteiger charge is -2.04. The summed E-state index contributed by atoms with van der Waals surface area (Å²) in [6.45, 7) is 4.60. The van der Waals surface area contributed by atoms with Crippen LogP contribution >= 0.6 is 0 Å². The maximum Gasteiger partial charge on any atom is 0.343 e. The number of hydrogen-bond donors (Lipinski definition) is 0. The van der Waals surface area contributed by atoms with Crippen LogP contribution in [0.1, 0.15) is 159 Å². The van der Waals surface area contributed by atoms with E-state index in [0.717, 1.165) is 19.2 Å². The van der Waals surface area contributed by atoms with Gasteiger partial charge in [-0.05, 0) is 12.1 Å². The van der Waals surface area contributed by atoms with E-state index in [1.54, 1.807) is 0 Å². The van der Waals surface area contributed by atoms with Gasteiger partial charge in [-0.3, -0.25) is 0 Å². The molecule has 0 atom stereocenters. The predicted octanol–water partition coefficient (Wildman–Crippen LogP) is 11.0. The van der Waals surface area contributed by atoms with Crippen LogP contribution in [0.3, 0.4) is 0 Å². The molecular formula is C31H54F2O2. The first kappa shape index (κ1) is 33.5. The zero-order valence-corrected chi connectivity index (χ0v) is 23.2. The van der Waals surface area contributed by atoms with Crippen molar-refractivity contribution >= 4 is 5.97 Å².